The smallest absolute Gasteiger partial charge is 0.324 e. The maximum atomic E-state index is 12.3. The average molecular weight is 349 g/mol. The number of rotatable bonds is 5. The van der Waals surface area contributed by atoms with Gasteiger partial charge >= 0.3 is 12.0 Å². The third-order valence-corrected chi connectivity index (χ3v) is 4.24. The minimum Gasteiger partial charge on any atom is -0.467 e. The number of carbonyl (C=O) groups is 4. The van der Waals surface area contributed by atoms with Crippen LogP contribution in [0.1, 0.15) is 19.1 Å². The van der Waals surface area contributed by atoms with Gasteiger partial charge in [-0.25, -0.2) is 4.79 Å². The highest BCUT2D eigenvalue weighted by atomic mass is 16.5. The lowest BCUT2D eigenvalue weighted by atomic mass is 10.1. The summed E-state index contributed by atoms with van der Waals surface area (Å²) in [4.78, 5) is 50.5. The molecule has 2 fully saturated rings. The van der Waals surface area contributed by atoms with Gasteiger partial charge in [-0.2, -0.15) is 0 Å². The van der Waals surface area contributed by atoms with E-state index in [1.807, 2.05) is 0 Å². The lowest BCUT2D eigenvalue weighted by Gasteiger charge is -2.20. The van der Waals surface area contributed by atoms with Crippen LogP contribution in [0.5, 0.6) is 0 Å². The maximum Gasteiger partial charge on any atom is 0.324 e. The molecular formula is C16H19N3O6. The fraction of sp³-hybridized carbons (Fsp3) is 0.500. The van der Waals surface area contributed by atoms with Crippen molar-refractivity contribution < 1.29 is 28.3 Å². The molecule has 0 aliphatic carbocycles. The monoisotopic (exact) mass is 349 g/mol. The SMILES string of the molecule is C[C@@H](OC(=O)[C@@H]1CC(=O)N(Cc2ccco2)C1)C(=O)N1CCNC1=O. The summed E-state index contributed by atoms with van der Waals surface area (Å²) in [7, 11) is 0. The predicted molar refractivity (Wildman–Crippen MR) is 82.9 cm³/mol. The van der Waals surface area contributed by atoms with Crippen molar-refractivity contribution in [2.24, 2.45) is 5.92 Å². The van der Waals surface area contributed by atoms with Crippen LogP contribution in [0.2, 0.25) is 0 Å². The van der Waals surface area contributed by atoms with Crippen molar-refractivity contribution in [3.05, 3.63) is 24.2 Å². The third-order valence-electron chi connectivity index (χ3n) is 4.24. The summed E-state index contributed by atoms with van der Waals surface area (Å²) in [6.45, 7) is 2.55. The second-order valence-electron chi connectivity index (χ2n) is 6.06. The number of nitrogens with one attached hydrogen (secondary N) is 1. The molecule has 0 bridgehead atoms. The van der Waals surface area contributed by atoms with Crippen molar-refractivity contribution in [2.45, 2.75) is 26.0 Å². The number of carbonyl (C=O) groups excluding carboxylic acids is 4. The standard InChI is InChI=1S/C16H19N3O6/c1-10(14(21)19-5-4-17-16(19)23)25-15(22)11-7-13(20)18(8-11)9-12-3-2-6-24-12/h2-3,6,10-11H,4-5,7-9H2,1H3,(H,17,23)/t10-,11-/m1/s1. The zero-order valence-electron chi connectivity index (χ0n) is 13.8. The molecule has 3 heterocycles. The molecule has 1 N–H and O–H groups in total. The van der Waals surface area contributed by atoms with Gasteiger partial charge in [-0.15, -0.1) is 0 Å². The van der Waals surface area contributed by atoms with Gasteiger partial charge < -0.3 is 19.4 Å². The van der Waals surface area contributed by atoms with E-state index in [9.17, 15) is 19.2 Å². The number of hydrogen-bond donors (Lipinski definition) is 1. The van der Waals surface area contributed by atoms with Gasteiger partial charge in [-0.3, -0.25) is 19.3 Å². The van der Waals surface area contributed by atoms with E-state index in [0.29, 0.717) is 12.3 Å². The van der Waals surface area contributed by atoms with Crippen molar-refractivity contribution in [2.75, 3.05) is 19.6 Å². The van der Waals surface area contributed by atoms with Gasteiger partial charge in [0.25, 0.3) is 5.91 Å². The Morgan fingerprint density at radius 1 is 1.44 bits per heavy atom. The van der Waals surface area contributed by atoms with Crippen LogP contribution in [-0.4, -0.2) is 59.4 Å². The van der Waals surface area contributed by atoms with Gasteiger partial charge in [0.2, 0.25) is 5.91 Å². The number of amides is 4. The van der Waals surface area contributed by atoms with E-state index < -0.39 is 29.9 Å². The molecule has 25 heavy (non-hydrogen) atoms. The summed E-state index contributed by atoms with van der Waals surface area (Å²) in [5.41, 5.74) is 0. The molecule has 0 spiro atoms. The molecule has 9 heteroatoms. The Morgan fingerprint density at radius 3 is 2.88 bits per heavy atom. The first-order valence-electron chi connectivity index (χ1n) is 8.05. The van der Waals surface area contributed by atoms with E-state index in [2.05, 4.69) is 5.32 Å². The number of furan rings is 1. The number of urea groups is 1. The average Bonchev–Trinajstić information content (AvgIpc) is 3.30. The number of hydrogen-bond acceptors (Lipinski definition) is 6. The number of nitrogens with zero attached hydrogens (tertiary/aromatic N) is 2. The Bertz CT molecular complexity index is 686. The van der Waals surface area contributed by atoms with Gasteiger partial charge in [-0.1, -0.05) is 0 Å². The van der Waals surface area contributed by atoms with Gasteiger partial charge in [0.1, 0.15) is 5.76 Å². The van der Waals surface area contributed by atoms with Gasteiger partial charge in [0, 0.05) is 26.1 Å². The van der Waals surface area contributed by atoms with Gasteiger partial charge in [0.05, 0.1) is 18.7 Å². The Morgan fingerprint density at radius 2 is 2.24 bits per heavy atom. The highest BCUT2D eigenvalue weighted by Crippen LogP contribution is 2.22. The Balaban J connectivity index is 1.53. The van der Waals surface area contributed by atoms with Crippen LogP contribution in [0, 0.1) is 5.92 Å². The summed E-state index contributed by atoms with van der Waals surface area (Å²) < 4.78 is 10.4. The number of likely N-dealkylation sites (tertiary alicyclic amines) is 1. The zero-order chi connectivity index (χ0) is 18.0. The summed E-state index contributed by atoms with van der Waals surface area (Å²) in [6.07, 6.45) is 0.472. The molecule has 0 saturated carbocycles. The quantitative estimate of drug-likeness (QED) is 0.756. The zero-order valence-corrected chi connectivity index (χ0v) is 13.8. The van der Waals surface area contributed by atoms with Crippen LogP contribution >= 0.6 is 0 Å². The summed E-state index contributed by atoms with van der Waals surface area (Å²) in [6, 6.07) is 2.98. The molecule has 134 valence electrons. The van der Waals surface area contributed by atoms with E-state index in [1.54, 1.807) is 12.1 Å². The topological polar surface area (TPSA) is 109 Å². The molecular weight excluding hydrogens is 330 g/mol. The maximum absolute atomic E-state index is 12.3. The lowest BCUT2D eigenvalue weighted by Crippen LogP contribution is -2.42. The number of imide groups is 1. The van der Waals surface area contributed by atoms with Crippen molar-refractivity contribution in [1.82, 2.24) is 15.1 Å². The first-order valence-corrected chi connectivity index (χ1v) is 8.05. The molecule has 2 atom stereocenters. The van der Waals surface area contributed by atoms with E-state index >= 15 is 0 Å². The molecule has 9 nitrogen and oxygen atoms in total. The van der Waals surface area contributed by atoms with Crippen LogP contribution in [0.15, 0.2) is 22.8 Å². The fourth-order valence-electron chi connectivity index (χ4n) is 2.90. The second-order valence-corrected chi connectivity index (χ2v) is 6.06. The van der Waals surface area contributed by atoms with Crippen molar-refractivity contribution in [3.8, 4) is 0 Å². The Labute approximate surface area is 143 Å². The molecule has 1 aromatic rings. The molecule has 2 aliphatic rings. The largest absolute Gasteiger partial charge is 0.467 e. The Hall–Kier alpha value is -2.84. The van der Waals surface area contributed by atoms with Crippen LogP contribution in [0.25, 0.3) is 0 Å². The van der Waals surface area contributed by atoms with Crippen LogP contribution in [0.3, 0.4) is 0 Å². The minimum absolute atomic E-state index is 0.0324. The molecule has 0 unspecified atom stereocenters. The minimum atomic E-state index is -1.08. The molecule has 0 radical (unpaired) electrons. The van der Waals surface area contributed by atoms with Crippen molar-refractivity contribution in [3.63, 3.8) is 0 Å². The molecule has 2 saturated heterocycles. The molecule has 2 aliphatic heterocycles. The lowest BCUT2D eigenvalue weighted by molar-refractivity contribution is -0.160. The van der Waals surface area contributed by atoms with E-state index in [4.69, 9.17) is 9.15 Å². The van der Waals surface area contributed by atoms with Crippen molar-refractivity contribution in [1.29, 1.82) is 0 Å². The molecule has 3 rings (SSSR count). The van der Waals surface area contributed by atoms with E-state index in [0.717, 1.165) is 4.90 Å². The van der Waals surface area contributed by atoms with E-state index in [-0.39, 0.29) is 32.0 Å². The highest BCUT2D eigenvalue weighted by molar-refractivity contribution is 5.98. The van der Waals surface area contributed by atoms with Crippen LogP contribution < -0.4 is 5.32 Å². The van der Waals surface area contributed by atoms with E-state index in [1.165, 1.54) is 18.1 Å². The molecule has 4 amide bonds. The summed E-state index contributed by atoms with van der Waals surface area (Å²) in [5, 5.41) is 2.51. The van der Waals surface area contributed by atoms with Gasteiger partial charge in [0.15, 0.2) is 6.10 Å². The fourth-order valence-corrected chi connectivity index (χ4v) is 2.90. The first kappa shape index (κ1) is 17.0. The van der Waals surface area contributed by atoms with Crippen LogP contribution in [0.4, 0.5) is 4.79 Å². The highest BCUT2D eigenvalue weighted by Gasteiger charge is 2.38. The van der Waals surface area contributed by atoms with Gasteiger partial charge in [-0.05, 0) is 19.1 Å². The number of ether oxygens (including phenoxy) is 1. The first-order chi connectivity index (χ1) is 12.0. The normalized spacial score (nSPS) is 21.4. The third kappa shape index (κ3) is 3.65. The predicted octanol–water partition coefficient (Wildman–Crippen LogP) is 0.112. The number of esters is 1. The second kappa shape index (κ2) is 6.96. The Kier molecular flexibility index (Phi) is 4.73. The summed E-state index contributed by atoms with van der Waals surface area (Å²) in [5.74, 6) is -1.36. The van der Waals surface area contributed by atoms with Crippen LogP contribution in [-0.2, 0) is 25.7 Å². The molecule has 0 aromatic carbocycles. The van der Waals surface area contributed by atoms with Crippen molar-refractivity contribution >= 4 is 23.8 Å². The summed E-state index contributed by atoms with van der Waals surface area (Å²) >= 11 is 0. The molecule has 1 aromatic heterocycles.